The monoisotopic (exact) mass is 259 g/mol. The Morgan fingerprint density at radius 2 is 1.94 bits per heavy atom. The molecule has 2 aromatic carbocycles. The van der Waals surface area contributed by atoms with Gasteiger partial charge in [0, 0.05) is 11.6 Å². The lowest BCUT2D eigenvalue weighted by Gasteiger charge is -2.00. The number of benzene rings is 2. The smallest absolute Gasteiger partial charge is 0.227 e. The Morgan fingerprint density at radius 3 is 2.67 bits per heavy atom. The van der Waals surface area contributed by atoms with E-state index in [4.69, 9.17) is 20.8 Å². The van der Waals surface area contributed by atoms with Crippen molar-refractivity contribution >= 4 is 22.7 Å². The summed E-state index contributed by atoms with van der Waals surface area (Å²) in [5.41, 5.74) is 2.32. The molecule has 1 heterocycles. The lowest BCUT2D eigenvalue weighted by molar-refractivity contribution is 0.415. The number of halogens is 1. The molecule has 0 spiro atoms. The molecule has 0 aliphatic heterocycles. The van der Waals surface area contributed by atoms with E-state index in [9.17, 15) is 0 Å². The van der Waals surface area contributed by atoms with Gasteiger partial charge in [0.05, 0.1) is 12.1 Å². The lowest BCUT2D eigenvalue weighted by Crippen LogP contribution is -1.83. The summed E-state index contributed by atoms with van der Waals surface area (Å²) in [7, 11) is 1.57. The summed E-state index contributed by atoms with van der Waals surface area (Å²) in [4.78, 5) is 4.41. The van der Waals surface area contributed by atoms with Gasteiger partial charge in [0.2, 0.25) is 5.89 Å². The average Bonchev–Trinajstić information content (AvgIpc) is 2.81. The van der Waals surface area contributed by atoms with Gasteiger partial charge in [-0.2, -0.15) is 0 Å². The van der Waals surface area contributed by atoms with Crippen molar-refractivity contribution in [2.75, 3.05) is 7.11 Å². The second-order valence-electron chi connectivity index (χ2n) is 3.84. The van der Waals surface area contributed by atoms with Crippen LogP contribution in [-0.2, 0) is 0 Å². The predicted molar refractivity (Wildman–Crippen MR) is 71.0 cm³/mol. The van der Waals surface area contributed by atoms with Gasteiger partial charge in [0.15, 0.2) is 5.58 Å². The Bertz CT molecular complexity index is 692. The van der Waals surface area contributed by atoms with E-state index < -0.39 is 0 Å². The van der Waals surface area contributed by atoms with Crippen molar-refractivity contribution < 1.29 is 9.15 Å². The van der Waals surface area contributed by atoms with Crippen LogP contribution in [0.25, 0.3) is 22.6 Å². The van der Waals surface area contributed by atoms with E-state index in [1.165, 1.54) is 0 Å². The van der Waals surface area contributed by atoms with Crippen molar-refractivity contribution in [3.05, 3.63) is 47.5 Å². The molecule has 0 saturated heterocycles. The molecule has 0 radical (unpaired) electrons. The number of oxazole rings is 1. The van der Waals surface area contributed by atoms with Crippen molar-refractivity contribution in [1.82, 2.24) is 4.98 Å². The molecule has 0 aliphatic carbocycles. The summed E-state index contributed by atoms with van der Waals surface area (Å²) in [5.74, 6) is 1.16. The third-order valence-corrected chi connectivity index (χ3v) is 2.98. The normalized spacial score (nSPS) is 10.8. The molecule has 3 aromatic rings. The second-order valence-corrected chi connectivity index (χ2v) is 4.25. The molecule has 0 saturated carbocycles. The number of aromatic nitrogens is 1. The van der Waals surface area contributed by atoms with E-state index in [1.54, 1.807) is 19.2 Å². The zero-order valence-electron chi connectivity index (χ0n) is 9.68. The molecular weight excluding hydrogens is 250 g/mol. The minimum Gasteiger partial charge on any atom is -0.495 e. The Morgan fingerprint density at radius 1 is 1.17 bits per heavy atom. The maximum atomic E-state index is 6.05. The summed E-state index contributed by atoms with van der Waals surface area (Å²) in [6.07, 6.45) is 0. The van der Waals surface area contributed by atoms with E-state index in [2.05, 4.69) is 4.98 Å². The van der Waals surface area contributed by atoms with E-state index in [0.717, 1.165) is 11.1 Å². The average molecular weight is 260 g/mol. The van der Waals surface area contributed by atoms with Crippen LogP contribution in [0.4, 0.5) is 0 Å². The molecule has 18 heavy (non-hydrogen) atoms. The fourth-order valence-electron chi connectivity index (χ4n) is 1.79. The van der Waals surface area contributed by atoms with Crippen LogP contribution >= 0.6 is 11.6 Å². The van der Waals surface area contributed by atoms with Crippen molar-refractivity contribution in [2.24, 2.45) is 0 Å². The molecule has 0 atom stereocenters. The first-order valence-corrected chi connectivity index (χ1v) is 5.85. The third-order valence-electron chi connectivity index (χ3n) is 2.68. The van der Waals surface area contributed by atoms with E-state index in [0.29, 0.717) is 22.2 Å². The first kappa shape index (κ1) is 11.1. The van der Waals surface area contributed by atoms with Crippen LogP contribution in [0, 0.1) is 0 Å². The molecule has 4 heteroatoms. The molecule has 0 bridgehead atoms. The molecule has 0 amide bonds. The minimum absolute atomic E-state index is 0.526. The zero-order valence-corrected chi connectivity index (χ0v) is 10.4. The van der Waals surface area contributed by atoms with Gasteiger partial charge in [-0.3, -0.25) is 0 Å². The zero-order chi connectivity index (χ0) is 12.5. The molecule has 0 unspecified atom stereocenters. The molecule has 3 rings (SSSR count). The van der Waals surface area contributed by atoms with Gasteiger partial charge in [-0.15, -0.1) is 0 Å². The number of nitrogens with zero attached hydrogens (tertiary/aromatic N) is 1. The summed E-state index contributed by atoms with van der Waals surface area (Å²) in [6.45, 7) is 0. The number of methoxy groups -OCH3 is 1. The van der Waals surface area contributed by atoms with Gasteiger partial charge in [0.1, 0.15) is 11.3 Å². The molecule has 0 fully saturated rings. The molecule has 0 N–H and O–H groups in total. The molecule has 90 valence electrons. The highest BCUT2D eigenvalue weighted by atomic mass is 35.5. The van der Waals surface area contributed by atoms with Gasteiger partial charge in [0.25, 0.3) is 0 Å². The third kappa shape index (κ3) is 1.83. The highest BCUT2D eigenvalue weighted by Gasteiger charge is 2.11. The Kier molecular flexibility index (Phi) is 2.68. The standard InChI is InChI=1S/C14H10ClNO2/c1-17-12-8-13-11(7-10(12)15)16-14(18-13)9-5-3-2-4-6-9/h2-8H,1H3. The van der Waals surface area contributed by atoms with Gasteiger partial charge >= 0.3 is 0 Å². The van der Waals surface area contributed by atoms with E-state index in [-0.39, 0.29) is 0 Å². The second kappa shape index (κ2) is 4.35. The number of hydrogen-bond donors (Lipinski definition) is 0. The maximum absolute atomic E-state index is 6.05. The van der Waals surface area contributed by atoms with Crippen LogP contribution in [-0.4, -0.2) is 12.1 Å². The van der Waals surface area contributed by atoms with E-state index in [1.807, 2.05) is 30.3 Å². The van der Waals surface area contributed by atoms with Crippen LogP contribution in [0.15, 0.2) is 46.9 Å². The largest absolute Gasteiger partial charge is 0.495 e. The Hall–Kier alpha value is -2.00. The molecular formula is C14H10ClNO2. The maximum Gasteiger partial charge on any atom is 0.227 e. The number of ether oxygens (including phenoxy) is 1. The fourth-order valence-corrected chi connectivity index (χ4v) is 2.03. The van der Waals surface area contributed by atoms with Crippen LogP contribution in [0.2, 0.25) is 5.02 Å². The summed E-state index contributed by atoms with van der Waals surface area (Å²) < 4.78 is 10.9. The predicted octanol–water partition coefficient (Wildman–Crippen LogP) is 4.16. The van der Waals surface area contributed by atoms with Crippen LogP contribution in [0.1, 0.15) is 0 Å². The number of rotatable bonds is 2. The van der Waals surface area contributed by atoms with Gasteiger partial charge in [-0.25, -0.2) is 4.98 Å². The molecule has 0 aliphatic rings. The first-order chi connectivity index (χ1) is 8.78. The van der Waals surface area contributed by atoms with Crippen LogP contribution in [0.3, 0.4) is 0 Å². The molecule has 1 aromatic heterocycles. The van der Waals surface area contributed by atoms with Crippen LogP contribution < -0.4 is 4.74 Å². The van der Waals surface area contributed by atoms with Crippen molar-refractivity contribution in [3.8, 4) is 17.2 Å². The highest BCUT2D eigenvalue weighted by molar-refractivity contribution is 6.32. The van der Waals surface area contributed by atoms with Gasteiger partial charge in [-0.05, 0) is 18.2 Å². The minimum atomic E-state index is 0.526. The first-order valence-electron chi connectivity index (χ1n) is 5.47. The van der Waals surface area contributed by atoms with Crippen molar-refractivity contribution in [2.45, 2.75) is 0 Å². The quantitative estimate of drug-likeness (QED) is 0.693. The van der Waals surface area contributed by atoms with E-state index >= 15 is 0 Å². The number of fused-ring (bicyclic) bond motifs is 1. The SMILES string of the molecule is COc1cc2oc(-c3ccccc3)nc2cc1Cl. The summed E-state index contributed by atoms with van der Waals surface area (Å²) >= 11 is 6.05. The highest BCUT2D eigenvalue weighted by Crippen LogP contribution is 2.32. The molecule has 3 nitrogen and oxygen atoms in total. The summed E-state index contributed by atoms with van der Waals surface area (Å²) in [6, 6.07) is 13.2. The van der Waals surface area contributed by atoms with Gasteiger partial charge < -0.3 is 9.15 Å². The topological polar surface area (TPSA) is 35.3 Å². The Labute approximate surface area is 109 Å². The van der Waals surface area contributed by atoms with Gasteiger partial charge in [-0.1, -0.05) is 29.8 Å². The summed E-state index contributed by atoms with van der Waals surface area (Å²) in [5, 5.41) is 0.526. The lowest BCUT2D eigenvalue weighted by atomic mass is 10.2. The fraction of sp³-hybridized carbons (Fsp3) is 0.0714. The number of hydrogen-bond acceptors (Lipinski definition) is 3. The Balaban J connectivity index is 2.17. The van der Waals surface area contributed by atoms with Crippen molar-refractivity contribution in [3.63, 3.8) is 0 Å². The van der Waals surface area contributed by atoms with Crippen LogP contribution in [0.5, 0.6) is 5.75 Å². The van der Waals surface area contributed by atoms with Crippen molar-refractivity contribution in [1.29, 1.82) is 0 Å².